The van der Waals surface area contributed by atoms with Gasteiger partial charge >= 0.3 is 5.97 Å². The summed E-state index contributed by atoms with van der Waals surface area (Å²) >= 11 is 12.2. The van der Waals surface area contributed by atoms with E-state index in [-0.39, 0.29) is 37.0 Å². The summed E-state index contributed by atoms with van der Waals surface area (Å²) < 4.78 is 26.0. The van der Waals surface area contributed by atoms with E-state index in [2.05, 4.69) is 9.97 Å². The van der Waals surface area contributed by atoms with Crippen LogP contribution >= 0.6 is 23.2 Å². The molecule has 0 radical (unpaired) electrons. The van der Waals surface area contributed by atoms with Gasteiger partial charge in [0.05, 0.1) is 16.2 Å². The molecular weight excluding hydrogens is 439 g/mol. The fourth-order valence-corrected chi connectivity index (χ4v) is 5.33. The Morgan fingerprint density at radius 3 is 2.45 bits per heavy atom. The first kappa shape index (κ1) is 19.5. The summed E-state index contributed by atoms with van der Waals surface area (Å²) in [7, 11) is -3.86. The number of rotatable bonds is 4. The number of carboxylic acid groups (broad SMARTS) is 1. The third kappa shape index (κ3) is 3.29. The van der Waals surface area contributed by atoms with Crippen LogP contribution in [0.15, 0.2) is 52.3 Å². The number of benzene rings is 2. The third-order valence-corrected chi connectivity index (χ3v) is 6.95. The molecule has 0 aliphatic rings. The van der Waals surface area contributed by atoms with Gasteiger partial charge in [0.25, 0.3) is 5.56 Å². The summed E-state index contributed by atoms with van der Waals surface area (Å²) in [6, 6.07) is 8.82. The quantitative estimate of drug-likeness (QED) is 0.434. The molecule has 0 saturated carbocycles. The summed E-state index contributed by atoms with van der Waals surface area (Å²) in [4.78, 5) is 28.9. The van der Waals surface area contributed by atoms with Crippen LogP contribution in [0.1, 0.15) is 15.9 Å². The molecule has 0 amide bonds. The first-order valence-electron chi connectivity index (χ1n) is 8.25. The van der Waals surface area contributed by atoms with Gasteiger partial charge in [-0.2, -0.15) is 0 Å². The smallest absolute Gasteiger partial charge is 0.337 e. The van der Waals surface area contributed by atoms with Gasteiger partial charge in [-0.25, -0.2) is 13.2 Å². The Labute approximate surface area is 173 Å². The van der Waals surface area contributed by atoms with Crippen LogP contribution in [0, 0.1) is 0 Å². The molecular formula is C19H12Cl2N2O5S. The topological polar surface area (TPSA) is 120 Å². The fourth-order valence-electron chi connectivity index (χ4n) is 3.21. The Morgan fingerprint density at radius 2 is 1.79 bits per heavy atom. The summed E-state index contributed by atoms with van der Waals surface area (Å²) in [6.07, 6.45) is 1.20. The number of fused-ring (bicyclic) bond motifs is 3. The SMILES string of the molecule is O=C(O)c1c[nH]c2c(=O)[nH]c3ccc(S(=O)(=O)Cc4c(Cl)cccc4Cl)cc3c12. The Bertz CT molecular complexity index is 1450. The Kier molecular flexibility index (Phi) is 4.65. The number of aromatic amines is 2. The van der Waals surface area contributed by atoms with E-state index in [1.165, 1.54) is 24.4 Å². The highest BCUT2D eigenvalue weighted by Crippen LogP contribution is 2.31. The number of nitrogens with one attached hydrogen (secondary N) is 2. The van der Waals surface area contributed by atoms with Crippen molar-refractivity contribution in [1.29, 1.82) is 0 Å². The van der Waals surface area contributed by atoms with Gasteiger partial charge in [-0.1, -0.05) is 29.3 Å². The molecule has 0 spiro atoms. The van der Waals surface area contributed by atoms with Gasteiger partial charge in [0, 0.05) is 38.1 Å². The van der Waals surface area contributed by atoms with E-state index < -0.39 is 27.1 Å². The minimum atomic E-state index is -3.86. The second kappa shape index (κ2) is 6.91. The van der Waals surface area contributed by atoms with Crippen LogP contribution in [0.3, 0.4) is 0 Å². The van der Waals surface area contributed by atoms with Gasteiger partial charge in [-0.15, -0.1) is 0 Å². The van der Waals surface area contributed by atoms with Crippen LogP contribution < -0.4 is 5.56 Å². The minimum absolute atomic E-state index is 0.0492. The van der Waals surface area contributed by atoms with Crippen LogP contribution in [0.25, 0.3) is 21.8 Å². The van der Waals surface area contributed by atoms with E-state index in [0.29, 0.717) is 10.9 Å². The van der Waals surface area contributed by atoms with Crippen molar-refractivity contribution >= 4 is 60.8 Å². The van der Waals surface area contributed by atoms with Gasteiger partial charge < -0.3 is 15.1 Å². The molecule has 0 saturated heterocycles. The zero-order chi connectivity index (χ0) is 20.9. The lowest BCUT2D eigenvalue weighted by molar-refractivity contribution is 0.0699. The molecule has 0 aliphatic carbocycles. The Morgan fingerprint density at radius 1 is 1.10 bits per heavy atom. The largest absolute Gasteiger partial charge is 0.478 e. The average Bonchev–Trinajstić information content (AvgIpc) is 3.11. The zero-order valence-electron chi connectivity index (χ0n) is 14.5. The molecule has 0 bridgehead atoms. The first-order chi connectivity index (χ1) is 13.7. The molecule has 0 fully saturated rings. The highest BCUT2D eigenvalue weighted by atomic mass is 35.5. The second-order valence-electron chi connectivity index (χ2n) is 6.38. The molecule has 2 heterocycles. The number of hydrogen-bond acceptors (Lipinski definition) is 4. The summed E-state index contributed by atoms with van der Waals surface area (Å²) in [5.74, 6) is -1.66. The molecule has 10 heteroatoms. The number of aromatic nitrogens is 2. The molecule has 2 aromatic heterocycles. The summed E-state index contributed by atoms with van der Waals surface area (Å²) in [5, 5.41) is 10.3. The molecule has 3 N–H and O–H groups in total. The number of pyridine rings is 1. The van der Waals surface area contributed by atoms with E-state index in [1.54, 1.807) is 18.2 Å². The molecule has 0 atom stereocenters. The second-order valence-corrected chi connectivity index (χ2v) is 9.18. The van der Waals surface area contributed by atoms with Gasteiger partial charge in [0.1, 0.15) is 5.52 Å². The van der Waals surface area contributed by atoms with Crippen LogP contribution in [0.2, 0.25) is 10.0 Å². The van der Waals surface area contributed by atoms with Crippen molar-refractivity contribution in [3.63, 3.8) is 0 Å². The maximum atomic E-state index is 13.0. The number of hydrogen-bond donors (Lipinski definition) is 3. The average molecular weight is 451 g/mol. The molecule has 29 heavy (non-hydrogen) atoms. The lowest BCUT2D eigenvalue weighted by Gasteiger charge is -2.10. The highest BCUT2D eigenvalue weighted by molar-refractivity contribution is 7.90. The maximum Gasteiger partial charge on any atom is 0.337 e. The van der Waals surface area contributed by atoms with Crippen molar-refractivity contribution in [1.82, 2.24) is 9.97 Å². The van der Waals surface area contributed by atoms with Gasteiger partial charge in [-0.05, 0) is 30.3 Å². The van der Waals surface area contributed by atoms with E-state index in [9.17, 15) is 23.1 Å². The van der Waals surface area contributed by atoms with E-state index >= 15 is 0 Å². The summed E-state index contributed by atoms with van der Waals surface area (Å²) in [6.45, 7) is 0. The molecule has 2 aromatic carbocycles. The minimum Gasteiger partial charge on any atom is -0.478 e. The molecule has 0 unspecified atom stereocenters. The number of aromatic carboxylic acids is 1. The third-order valence-electron chi connectivity index (χ3n) is 4.60. The van der Waals surface area contributed by atoms with E-state index in [0.717, 1.165) is 0 Å². The predicted molar refractivity (Wildman–Crippen MR) is 111 cm³/mol. The van der Waals surface area contributed by atoms with E-state index in [1.807, 2.05) is 0 Å². The van der Waals surface area contributed by atoms with Crippen molar-refractivity contribution < 1.29 is 18.3 Å². The van der Waals surface area contributed by atoms with Gasteiger partial charge in [-0.3, -0.25) is 4.79 Å². The molecule has 148 valence electrons. The normalized spacial score (nSPS) is 11.9. The standard InChI is InChI=1S/C19H12Cl2N2O5S/c20-13-2-1-3-14(21)12(13)8-29(27,28)9-4-5-15-10(6-9)16-11(19(25)26)7-22-17(16)18(24)23-15/h1-7,22H,8H2,(H,23,24)(H,25,26). The number of halogens is 2. The Balaban J connectivity index is 1.94. The number of carbonyl (C=O) groups is 1. The predicted octanol–water partition coefficient (Wildman–Crippen LogP) is 3.99. The van der Waals surface area contributed by atoms with Crippen LogP contribution in [0.4, 0.5) is 0 Å². The van der Waals surface area contributed by atoms with Crippen LogP contribution in [0.5, 0.6) is 0 Å². The summed E-state index contributed by atoms with van der Waals surface area (Å²) in [5.41, 5.74) is 0.0200. The van der Waals surface area contributed by atoms with Crippen LogP contribution in [-0.4, -0.2) is 29.5 Å². The monoisotopic (exact) mass is 450 g/mol. The van der Waals surface area contributed by atoms with E-state index in [4.69, 9.17) is 23.2 Å². The molecule has 4 rings (SSSR count). The van der Waals surface area contributed by atoms with Crippen molar-refractivity contribution in [2.75, 3.05) is 0 Å². The van der Waals surface area contributed by atoms with Crippen molar-refractivity contribution in [3.8, 4) is 0 Å². The van der Waals surface area contributed by atoms with Crippen LogP contribution in [-0.2, 0) is 15.6 Å². The molecule has 4 aromatic rings. The molecule has 7 nitrogen and oxygen atoms in total. The van der Waals surface area contributed by atoms with Crippen molar-refractivity contribution in [2.45, 2.75) is 10.6 Å². The van der Waals surface area contributed by atoms with Crippen molar-refractivity contribution in [2.24, 2.45) is 0 Å². The molecule has 0 aliphatic heterocycles. The number of sulfone groups is 1. The number of H-pyrrole nitrogens is 2. The lowest BCUT2D eigenvalue weighted by Crippen LogP contribution is -2.09. The number of carboxylic acids is 1. The maximum absolute atomic E-state index is 13.0. The lowest BCUT2D eigenvalue weighted by atomic mass is 10.1. The highest BCUT2D eigenvalue weighted by Gasteiger charge is 2.22. The Hall–Kier alpha value is -2.81. The van der Waals surface area contributed by atoms with Gasteiger partial charge in [0.2, 0.25) is 0 Å². The zero-order valence-corrected chi connectivity index (χ0v) is 16.8. The first-order valence-corrected chi connectivity index (χ1v) is 10.7. The fraction of sp³-hybridized carbons (Fsp3) is 0.0526. The van der Waals surface area contributed by atoms with Gasteiger partial charge in [0.15, 0.2) is 9.84 Å². The van der Waals surface area contributed by atoms with Crippen molar-refractivity contribution in [3.05, 3.63) is 74.1 Å².